The lowest BCUT2D eigenvalue weighted by Gasteiger charge is -2.49. The molecule has 0 saturated heterocycles. The summed E-state index contributed by atoms with van der Waals surface area (Å²) in [6.07, 6.45) is 0. The summed E-state index contributed by atoms with van der Waals surface area (Å²) in [6, 6.07) is 19.8. The lowest BCUT2D eigenvalue weighted by Crippen LogP contribution is -2.56. The van der Waals surface area contributed by atoms with Crippen LogP contribution in [0.5, 0.6) is 0 Å². The summed E-state index contributed by atoms with van der Waals surface area (Å²) in [5.41, 5.74) is 4.40. The first kappa shape index (κ1) is 22.0. The maximum absolute atomic E-state index is 13.2. The molecule has 2 heterocycles. The summed E-state index contributed by atoms with van der Waals surface area (Å²) in [5.74, 6) is -1.01. The highest BCUT2D eigenvalue weighted by Crippen LogP contribution is 2.56. The average Bonchev–Trinajstić information content (AvgIpc) is 3.04. The molecule has 0 aromatic heterocycles. The number of carbonyl (C=O) groups excluding carboxylic acids is 2. The molecule has 0 spiro atoms. The first-order valence-corrected chi connectivity index (χ1v) is 10.8. The van der Waals surface area contributed by atoms with Gasteiger partial charge in [-0.3, -0.25) is 4.90 Å². The summed E-state index contributed by atoms with van der Waals surface area (Å²) in [4.78, 5) is 28.6. The molecule has 0 saturated carbocycles. The third-order valence-corrected chi connectivity index (χ3v) is 7.22. The minimum atomic E-state index is -0.723. The summed E-state index contributed by atoms with van der Waals surface area (Å²) in [5, 5.41) is 0. The topological polar surface area (TPSA) is 55.8 Å². The second kappa shape index (κ2) is 8.40. The molecule has 0 N–H and O–H groups in total. The molecule has 32 heavy (non-hydrogen) atoms. The molecule has 0 fully saturated rings. The summed E-state index contributed by atoms with van der Waals surface area (Å²) >= 11 is 0. The van der Waals surface area contributed by atoms with E-state index < -0.39 is 23.5 Å². The van der Waals surface area contributed by atoms with E-state index in [1.54, 1.807) is 0 Å². The van der Waals surface area contributed by atoms with Crippen molar-refractivity contribution in [2.24, 2.45) is 5.92 Å². The van der Waals surface area contributed by atoms with Crippen LogP contribution in [0.1, 0.15) is 31.9 Å². The van der Waals surface area contributed by atoms with Crippen molar-refractivity contribution in [3.63, 3.8) is 0 Å². The molecular weight excluding hydrogens is 402 g/mol. The highest BCUT2D eigenvalue weighted by Gasteiger charge is 2.60. The molecule has 0 radical (unpaired) electrons. The van der Waals surface area contributed by atoms with Crippen molar-refractivity contribution >= 4 is 17.5 Å². The molecule has 4 rings (SSSR count). The first-order chi connectivity index (χ1) is 15.4. The monoisotopic (exact) mass is 431 g/mol. The van der Waals surface area contributed by atoms with E-state index in [0.717, 1.165) is 22.3 Å². The van der Waals surface area contributed by atoms with Crippen LogP contribution in [0.3, 0.4) is 0 Å². The Labute approximate surface area is 189 Å². The molecule has 2 aromatic carbocycles. The van der Waals surface area contributed by atoms with Gasteiger partial charge in [0.2, 0.25) is 0 Å². The normalized spacial score (nSPS) is 25.2. The zero-order valence-corrected chi connectivity index (χ0v) is 19.2. The van der Waals surface area contributed by atoms with Gasteiger partial charge in [0, 0.05) is 12.5 Å². The van der Waals surface area contributed by atoms with Crippen LogP contribution < -0.4 is 0 Å². The Hall–Kier alpha value is -3.18. The molecule has 2 aliphatic heterocycles. The Morgan fingerprint density at radius 1 is 0.938 bits per heavy atom. The molecule has 0 unspecified atom stereocenters. The Bertz CT molecular complexity index is 1100. The van der Waals surface area contributed by atoms with Crippen molar-refractivity contribution in [2.75, 3.05) is 14.2 Å². The Kier molecular flexibility index (Phi) is 5.78. The zero-order chi connectivity index (χ0) is 23.0. The Morgan fingerprint density at radius 2 is 1.50 bits per heavy atom. The summed E-state index contributed by atoms with van der Waals surface area (Å²) in [6.45, 7) is 6.85. The van der Waals surface area contributed by atoms with Crippen molar-refractivity contribution in [3.05, 3.63) is 88.5 Å². The molecule has 166 valence electrons. The van der Waals surface area contributed by atoms with E-state index in [4.69, 9.17) is 9.47 Å². The van der Waals surface area contributed by atoms with Crippen LogP contribution >= 0.6 is 0 Å². The zero-order valence-electron chi connectivity index (χ0n) is 19.2. The van der Waals surface area contributed by atoms with Gasteiger partial charge >= 0.3 is 11.9 Å². The van der Waals surface area contributed by atoms with E-state index in [-0.39, 0.29) is 5.92 Å². The molecule has 2 aromatic rings. The van der Waals surface area contributed by atoms with Gasteiger partial charge in [-0.05, 0) is 30.5 Å². The van der Waals surface area contributed by atoms with E-state index in [2.05, 4.69) is 43.0 Å². The van der Waals surface area contributed by atoms with Gasteiger partial charge in [-0.1, -0.05) is 73.2 Å². The third kappa shape index (κ3) is 3.19. The van der Waals surface area contributed by atoms with Crippen LogP contribution in [-0.4, -0.2) is 42.6 Å². The van der Waals surface area contributed by atoms with Crippen LogP contribution in [0.15, 0.2) is 77.4 Å². The number of rotatable bonds is 5. The van der Waals surface area contributed by atoms with Crippen LogP contribution in [0.2, 0.25) is 0 Å². The SMILES string of the molecule is COC(=O)C1=C(C(=O)OC)[C@@]2(C)[C@H](C)C(C)=C(c3ccccc3)[C@@H]1N2Cc1ccccc1. The van der Waals surface area contributed by atoms with E-state index in [0.29, 0.717) is 17.7 Å². The number of hydrogen-bond acceptors (Lipinski definition) is 5. The fourth-order valence-electron chi connectivity index (χ4n) is 5.39. The van der Waals surface area contributed by atoms with Gasteiger partial charge in [0.05, 0.1) is 36.9 Å². The summed E-state index contributed by atoms with van der Waals surface area (Å²) in [7, 11) is 2.72. The molecule has 5 nitrogen and oxygen atoms in total. The van der Waals surface area contributed by atoms with E-state index in [9.17, 15) is 9.59 Å². The summed E-state index contributed by atoms with van der Waals surface area (Å²) < 4.78 is 10.4. The Morgan fingerprint density at radius 3 is 2.06 bits per heavy atom. The number of nitrogens with zero attached hydrogens (tertiary/aromatic N) is 1. The van der Waals surface area contributed by atoms with Gasteiger partial charge in [-0.15, -0.1) is 0 Å². The number of hydrogen-bond donors (Lipinski definition) is 0. The molecule has 0 amide bonds. The molecular formula is C27H29NO4. The standard InChI is InChI=1S/C27H29NO4/c1-17-18(2)27(3)23(26(30)32-5)22(25(29)31-4)24(21(17)20-14-10-7-11-15-20)28(27)16-19-12-8-6-9-13-19/h6-15,18,24H,16H2,1-5H3/t18-,24+,27-/m1/s1. The minimum absolute atomic E-state index is 0.0334. The second-order valence-electron chi connectivity index (χ2n) is 8.62. The van der Waals surface area contributed by atoms with Gasteiger partial charge in [0.1, 0.15) is 0 Å². The number of carbonyl (C=O) groups is 2. The van der Waals surface area contributed by atoms with E-state index in [1.165, 1.54) is 14.2 Å². The first-order valence-electron chi connectivity index (χ1n) is 10.8. The highest BCUT2D eigenvalue weighted by atomic mass is 16.5. The highest BCUT2D eigenvalue weighted by molar-refractivity contribution is 6.07. The molecule has 5 heteroatoms. The molecule has 2 aliphatic rings. The average molecular weight is 432 g/mol. The van der Waals surface area contributed by atoms with Crippen LogP contribution in [-0.2, 0) is 25.6 Å². The number of esters is 2. The fraction of sp³-hybridized carbons (Fsp3) is 0.333. The number of fused-ring (bicyclic) bond motifs is 2. The van der Waals surface area contributed by atoms with Crippen molar-refractivity contribution in [3.8, 4) is 0 Å². The van der Waals surface area contributed by atoms with Gasteiger partial charge < -0.3 is 9.47 Å². The predicted molar refractivity (Wildman–Crippen MR) is 123 cm³/mol. The van der Waals surface area contributed by atoms with Crippen LogP contribution in [0.25, 0.3) is 5.57 Å². The van der Waals surface area contributed by atoms with Gasteiger partial charge in [-0.25, -0.2) is 9.59 Å². The third-order valence-electron chi connectivity index (χ3n) is 7.22. The largest absolute Gasteiger partial charge is 0.466 e. The molecule has 0 aliphatic carbocycles. The van der Waals surface area contributed by atoms with Gasteiger partial charge in [0.25, 0.3) is 0 Å². The van der Waals surface area contributed by atoms with Crippen LogP contribution in [0, 0.1) is 5.92 Å². The Balaban J connectivity index is 2.01. The van der Waals surface area contributed by atoms with Gasteiger partial charge in [-0.2, -0.15) is 0 Å². The number of methoxy groups -OCH3 is 2. The lowest BCUT2D eigenvalue weighted by atomic mass is 9.72. The minimum Gasteiger partial charge on any atom is -0.466 e. The van der Waals surface area contributed by atoms with E-state index in [1.807, 2.05) is 43.3 Å². The second-order valence-corrected chi connectivity index (χ2v) is 8.62. The van der Waals surface area contributed by atoms with Crippen molar-refractivity contribution in [1.82, 2.24) is 4.90 Å². The van der Waals surface area contributed by atoms with Crippen LogP contribution in [0.4, 0.5) is 0 Å². The van der Waals surface area contributed by atoms with Gasteiger partial charge in [0.15, 0.2) is 0 Å². The van der Waals surface area contributed by atoms with Crippen molar-refractivity contribution in [2.45, 2.75) is 38.9 Å². The maximum Gasteiger partial charge on any atom is 0.336 e. The number of benzene rings is 2. The maximum atomic E-state index is 13.2. The van der Waals surface area contributed by atoms with Crippen molar-refractivity contribution < 1.29 is 19.1 Å². The molecule has 2 bridgehead atoms. The van der Waals surface area contributed by atoms with E-state index >= 15 is 0 Å². The fourth-order valence-corrected chi connectivity index (χ4v) is 5.39. The number of ether oxygens (including phenoxy) is 2. The smallest absolute Gasteiger partial charge is 0.336 e. The quantitative estimate of drug-likeness (QED) is 0.657. The predicted octanol–water partition coefficient (Wildman–Crippen LogP) is 4.40. The molecule has 3 atom stereocenters. The van der Waals surface area contributed by atoms with Crippen molar-refractivity contribution in [1.29, 1.82) is 0 Å². The lowest BCUT2D eigenvalue weighted by molar-refractivity contribution is -0.139.